The van der Waals surface area contributed by atoms with Crippen LogP contribution in [0.15, 0.2) is 23.0 Å². The Morgan fingerprint density at radius 3 is 2.21 bits per heavy atom. The first kappa shape index (κ1) is 29.1. The van der Waals surface area contributed by atoms with E-state index in [1.54, 1.807) is 12.1 Å². The van der Waals surface area contributed by atoms with Crippen LogP contribution in [0.25, 0.3) is 10.9 Å². The Morgan fingerprint density at radius 1 is 0.929 bits per heavy atom. The Bertz CT molecular complexity index is 1370. The van der Waals surface area contributed by atoms with Gasteiger partial charge in [0.15, 0.2) is 0 Å². The van der Waals surface area contributed by atoms with Gasteiger partial charge in [0.25, 0.3) is 5.56 Å². The summed E-state index contributed by atoms with van der Waals surface area (Å²) in [5.74, 6) is -0.113. The van der Waals surface area contributed by atoms with Crippen molar-refractivity contribution in [3.8, 4) is 0 Å². The number of aromatic nitrogens is 2. The van der Waals surface area contributed by atoms with Gasteiger partial charge in [0, 0.05) is 24.2 Å². The Balaban J connectivity index is 1.03. The van der Waals surface area contributed by atoms with Gasteiger partial charge in [-0.05, 0) is 94.2 Å². The number of unbranched alkanes of at least 4 members (excludes halogenated alkanes) is 4. The second-order valence-electron chi connectivity index (χ2n) is 13.1. The summed E-state index contributed by atoms with van der Waals surface area (Å²) in [5.41, 5.74) is -0.243. The SMILES string of the molecule is O=C1CCC(n2c(C(F)(F)F)nc3cccc(NCCCCCCCNC45CC6CC(CC(C6)C4)C5)c3c2=O)C(=O)N1. The summed E-state index contributed by atoms with van der Waals surface area (Å²) < 4.78 is 42.2. The van der Waals surface area contributed by atoms with Gasteiger partial charge in [-0.25, -0.2) is 4.98 Å². The fourth-order valence-electron chi connectivity index (χ4n) is 8.49. The van der Waals surface area contributed by atoms with Crippen LogP contribution in [-0.4, -0.2) is 40.0 Å². The molecule has 1 atom stereocenters. The first-order chi connectivity index (χ1) is 20.1. The largest absolute Gasteiger partial charge is 0.449 e. The number of rotatable bonds is 11. The highest BCUT2D eigenvalue weighted by Crippen LogP contribution is 2.55. The predicted molar refractivity (Wildman–Crippen MR) is 153 cm³/mol. The number of hydrogen-bond acceptors (Lipinski definition) is 6. The van der Waals surface area contributed by atoms with Gasteiger partial charge in [-0.15, -0.1) is 0 Å². The highest BCUT2D eigenvalue weighted by Gasteiger charge is 2.50. The van der Waals surface area contributed by atoms with Crippen LogP contribution < -0.4 is 21.5 Å². The van der Waals surface area contributed by atoms with E-state index in [4.69, 9.17) is 0 Å². The van der Waals surface area contributed by atoms with Crippen molar-refractivity contribution in [2.75, 3.05) is 18.4 Å². The van der Waals surface area contributed by atoms with Crippen molar-refractivity contribution in [2.24, 2.45) is 17.8 Å². The third-order valence-corrected chi connectivity index (χ3v) is 9.91. The molecule has 4 aliphatic carbocycles. The second-order valence-corrected chi connectivity index (χ2v) is 13.1. The Labute approximate surface area is 243 Å². The second kappa shape index (κ2) is 11.6. The molecule has 4 saturated carbocycles. The van der Waals surface area contributed by atoms with E-state index >= 15 is 0 Å². The summed E-state index contributed by atoms with van der Waals surface area (Å²) in [7, 11) is 0. The quantitative estimate of drug-likeness (QED) is 0.243. The van der Waals surface area contributed by atoms with Gasteiger partial charge in [0.1, 0.15) is 6.04 Å². The molecule has 1 saturated heterocycles. The number of hydrogen-bond donors (Lipinski definition) is 3. The lowest BCUT2D eigenvalue weighted by atomic mass is 9.53. The fourth-order valence-corrected chi connectivity index (χ4v) is 8.49. The molecule has 3 N–H and O–H groups in total. The first-order valence-electron chi connectivity index (χ1n) is 15.6. The lowest BCUT2D eigenvalue weighted by Crippen LogP contribution is -2.58. The van der Waals surface area contributed by atoms with Crippen LogP contribution in [0.4, 0.5) is 18.9 Å². The van der Waals surface area contributed by atoms with Crippen molar-refractivity contribution in [3.63, 3.8) is 0 Å². The molecule has 1 unspecified atom stereocenters. The molecule has 1 aliphatic heterocycles. The highest BCUT2D eigenvalue weighted by molar-refractivity contribution is 5.99. The first-order valence-corrected chi connectivity index (χ1v) is 15.6. The van der Waals surface area contributed by atoms with Gasteiger partial charge in [-0.2, -0.15) is 13.2 Å². The smallest absolute Gasteiger partial charge is 0.384 e. The molecule has 7 rings (SSSR count). The zero-order chi connectivity index (χ0) is 29.5. The third-order valence-electron chi connectivity index (χ3n) is 9.91. The molecule has 42 heavy (non-hydrogen) atoms. The molecule has 1 aromatic heterocycles. The molecule has 4 bridgehead atoms. The van der Waals surface area contributed by atoms with Gasteiger partial charge in [0.2, 0.25) is 17.6 Å². The van der Waals surface area contributed by atoms with E-state index in [-0.39, 0.29) is 23.7 Å². The zero-order valence-corrected chi connectivity index (χ0v) is 23.9. The zero-order valence-electron chi connectivity index (χ0n) is 23.9. The van der Waals surface area contributed by atoms with E-state index in [9.17, 15) is 27.6 Å². The van der Waals surface area contributed by atoms with E-state index in [0.717, 1.165) is 56.4 Å². The number of nitrogens with one attached hydrogen (secondary N) is 3. The molecule has 11 heteroatoms. The number of imide groups is 1. The molecule has 0 radical (unpaired) electrons. The molecule has 8 nitrogen and oxygen atoms in total. The molecule has 2 aromatic rings. The average molecular weight is 588 g/mol. The van der Waals surface area contributed by atoms with Crippen LogP contribution in [0.1, 0.15) is 95.3 Å². The van der Waals surface area contributed by atoms with Crippen LogP contribution in [-0.2, 0) is 15.8 Å². The Hall–Kier alpha value is -2.95. The summed E-state index contributed by atoms with van der Waals surface area (Å²) in [4.78, 5) is 41.3. The monoisotopic (exact) mass is 587 g/mol. The number of benzene rings is 1. The maximum Gasteiger partial charge on any atom is 0.449 e. The standard InChI is InChI=1S/C31H40F3N5O3/c32-31(33,34)29-37-23-8-6-7-22(26(23)28(42)39(29)24-9-10-25(40)38-27(24)41)35-11-4-2-1-3-5-12-36-30-16-19-13-20(17-30)15-21(14-19)18-30/h6-8,19-21,24,35-36H,1-5,9-18H2,(H,38,40,41). The van der Waals surface area contributed by atoms with E-state index in [2.05, 4.69) is 15.6 Å². The van der Waals surface area contributed by atoms with Crippen LogP contribution in [0, 0.1) is 17.8 Å². The number of fused-ring (bicyclic) bond motifs is 1. The maximum atomic E-state index is 13.9. The van der Waals surface area contributed by atoms with E-state index in [0.29, 0.717) is 22.3 Å². The highest BCUT2D eigenvalue weighted by atomic mass is 19.4. The summed E-state index contributed by atoms with van der Waals surface area (Å²) in [6.07, 6.45) is 8.41. The molecule has 1 aromatic carbocycles. The van der Waals surface area contributed by atoms with E-state index in [1.165, 1.54) is 44.6 Å². The van der Waals surface area contributed by atoms with Gasteiger partial charge in [0.05, 0.1) is 10.9 Å². The van der Waals surface area contributed by atoms with Crippen molar-refractivity contribution < 1.29 is 22.8 Å². The summed E-state index contributed by atoms with van der Waals surface area (Å²) in [6, 6.07) is 3.10. The average Bonchev–Trinajstić information content (AvgIpc) is 2.91. The molecule has 2 amide bonds. The number of carbonyl (C=O) groups excluding carboxylic acids is 2. The van der Waals surface area contributed by atoms with Crippen molar-refractivity contribution >= 4 is 28.4 Å². The lowest BCUT2D eigenvalue weighted by Gasteiger charge is -2.57. The number of carbonyl (C=O) groups is 2. The third kappa shape index (κ3) is 5.94. The van der Waals surface area contributed by atoms with Crippen LogP contribution >= 0.6 is 0 Å². The molecule has 228 valence electrons. The van der Waals surface area contributed by atoms with E-state index in [1.807, 2.05) is 5.32 Å². The summed E-state index contributed by atoms with van der Waals surface area (Å²) in [5, 5.41) is 9.21. The normalized spacial score (nSPS) is 28.8. The number of halogens is 3. The molecule has 0 spiro atoms. The number of anilines is 1. The lowest BCUT2D eigenvalue weighted by molar-refractivity contribution is -0.150. The minimum absolute atomic E-state index is 0.00551. The van der Waals surface area contributed by atoms with Crippen molar-refractivity contribution in [1.29, 1.82) is 0 Å². The minimum Gasteiger partial charge on any atom is -0.384 e. The number of alkyl halides is 3. The number of amides is 2. The van der Waals surface area contributed by atoms with Crippen molar-refractivity contribution in [1.82, 2.24) is 20.2 Å². The minimum atomic E-state index is -4.96. The van der Waals surface area contributed by atoms with Crippen molar-refractivity contribution in [3.05, 3.63) is 34.4 Å². The Morgan fingerprint density at radius 2 is 1.57 bits per heavy atom. The molecule has 5 fully saturated rings. The number of nitrogens with zero attached hydrogens (tertiary/aromatic N) is 2. The van der Waals surface area contributed by atoms with Gasteiger partial charge >= 0.3 is 6.18 Å². The summed E-state index contributed by atoms with van der Waals surface area (Å²) in [6.45, 7) is 1.64. The van der Waals surface area contributed by atoms with Gasteiger partial charge in [-0.1, -0.05) is 25.3 Å². The predicted octanol–water partition coefficient (Wildman–Crippen LogP) is 5.31. The molecule has 5 aliphatic rings. The molecule has 2 heterocycles. The fraction of sp³-hybridized carbons (Fsp3) is 0.677. The number of piperidine rings is 1. The van der Waals surface area contributed by atoms with Crippen LogP contribution in [0.5, 0.6) is 0 Å². The van der Waals surface area contributed by atoms with E-state index < -0.39 is 35.4 Å². The van der Waals surface area contributed by atoms with Gasteiger partial charge < -0.3 is 10.6 Å². The Kier molecular flexibility index (Phi) is 8.06. The maximum absolute atomic E-state index is 13.9. The summed E-state index contributed by atoms with van der Waals surface area (Å²) >= 11 is 0. The topological polar surface area (TPSA) is 105 Å². The molecular formula is C31H40F3N5O3. The van der Waals surface area contributed by atoms with Gasteiger partial charge in [-0.3, -0.25) is 24.3 Å². The van der Waals surface area contributed by atoms with Crippen LogP contribution in [0.3, 0.4) is 0 Å². The molecular weight excluding hydrogens is 547 g/mol. The van der Waals surface area contributed by atoms with Crippen molar-refractivity contribution in [2.45, 2.75) is 101 Å². The van der Waals surface area contributed by atoms with Crippen LogP contribution in [0.2, 0.25) is 0 Å².